The molecule has 4 nitrogen and oxygen atoms in total. The lowest BCUT2D eigenvalue weighted by molar-refractivity contribution is -0.383. The van der Waals surface area contributed by atoms with Gasteiger partial charge >= 0.3 is 0 Å². The topological polar surface area (TPSA) is 56.0 Å². The Labute approximate surface area is 78.2 Å². The van der Waals surface area contributed by atoms with Gasteiger partial charge in [0, 0.05) is 12.3 Å². The highest BCUT2D eigenvalue weighted by atomic mass is 19.1. The van der Waals surface area contributed by atoms with Gasteiger partial charge in [0.1, 0.15) is 5.82 Å². The summed E-state index contributed by atoms with van der Waals surface area (Å²) in [5.41, 5.74) is 0.0345. The normalized spacial score (nSPS) is 10.4. The fraction of sp³-hybridized carbons (Fsp3) is 0. The van der Waals surface area contributed by atoms with E-state index in [1.54, 1.807) is 12.1 Å². The molecule has 5 heteroatoms. The highest BCUT2D eigenvalue weighted by Gasteiger charge is 2.13. The molecule has 0 fully saturated rings. The van der Waals surface area contributed by atoms with Crippen molar-refractivity contribution in [3.8, 4) is 0 Å². The molecule has 0 aliphatic heterocycles. The minimum atomic E-state index is -0.650. The molecule has 70 valence electrons. The molecule has 14 heavy (non-hydrogen) atoms. The summed E-state index contributed by atoms with van der Waals surface area (Å²) in [6.45, 7) is 0. The van der Waals surface area contributed by atoms with Crippen molar-refractivity contribution in [1.29, 1.82) is 0 Å². The number of rotatable bonds is 1. The molecule has 0 atom stereocenters. The van der Waals surface area contributed by atoms with E-state index in [4.69, 9.17) is 0 Å². The molecule has 0 amide bonds. The van der Waals surface area contributed by atoms with Crippen molar-refractivity contribution in [2.75, 3.05) is 0 Å². The zero-order valence-electron chi connectivity index (χ0n) is 6.98. The van der Waals surface area contributed by atoms with E-state index in [-0.39, 0.29) is 5.69 Å². The third-order valence-corrected chi connectivity index (χ3v) is 1.86. The van der Waals surface area contributed by atoms with E-state index in [2.05, 4.69) is 4.98 Å². The molecule has 2 rings (SSSR count). The Bertz CT molecular complexity index is 513. The van der Waals surface area contributed by atoms with Crippen molar-refractivity contribution in [3.05, 3.63) is 46.4 Å². The number of nitrogens with zero attached hydrogens (tertiary/aromatic N) is 2. The Morgan fingerprint density at radius 3 is 2.93 bits per heavy atom. The number of non-ortho nitro benzene ring substituents is 1. The Hall–Kier alpha value is -2.04. The number of nitro groups is 1. The number of pyridine rings is 1. The SMILES string of the molecule is O=[N+]([O-])c1cc(F)cc2ncccc12. The minimum Gasteiger partial charge on any atom is -0.258 e. The monoisotopic (exact) mass is 192 g/mol. The molecular weight excluding hydrogens is 187 g/mol. The van der Waals surface area contributed by atoms with Crippen molar-refractivity contribution in [3.63, 3.8) is 0 Å². The zero-order chi connectivity index (χ0) is 10.1. The molecule has 0 saturated heterocycles. The van der Waals surface area contributed by atoms with Crippen LogP contribution in [0, 0.1) is 15.9 Å². The van der Waals surface area contributed by atoms with Crippen LogP contribution < -0.4 is 0 Å². The van der Waals surface area contributed by atoms with Crippen LogP contribution in [0.1, 0.15) is 0 Å². The molecule has 0 aliphatic rings. The molecule has 1 aromatic heterocycles. The van der Waals surface area contributed by atoms with Gasteiger partial charge in [-0.1, -0.05) is 0 Å². The molecule has 0 aliphatic carbocycles. The average Bonchev–Trinajstić information content (AvgIpc) is 2.16. The van der Waals surface area contributed by atoms with Crippen LogP contribution in [0.5, 0.6) is 0 Å². The van der Waals surface area contributed by atoms with Crippen molar-refractivity contribution in [1.82, 2.24) is 4.98 Å². The van der Waals surface area contributed by atoms with E-state index in [9.17, 15) is 14.5 Å². The maximum absolute atomic E-state index is 12.9. The third kappa shape index (κ3) is 1.28. The van der Waals surface area contributed by atoms with E-state index < -0.39 is 10.7 Å². The van der Waals surface area contributed by atoms with Gasteiger partial charge in [-0.2, -0.15) is 0 Å². The summed E-state index contributed by atoms with van der Waals surface area (Å²) in [5.74, 6) is -0.650. The van der Waals surface area contributed by atoms with Crippen molar-refractivity contribution in [2.45, 2.75) is 0 Å². The van der Waals surface area contributed by atoms with Crippen molar-refractivity contribution >= 4 is 16.6 Å². The van der Waals surface area contributed by atoms with E-state index in [1.807, 2.05) is 0 Å². The van der Waals surface area contributed by atoms with E-state index in [0.717, 1.165) is 6.07 Å². The van der Waals surface area contributed by atoms with Gasteiger partial charge in [-0.3, -0.25) is 15.1 Å². The Kier molecular flexibility index (Phi) is 1.85. The minimum absolute atomic E-state index is 0.256. The summed E-state index contributed by atoms with van der Waals surface area (Å²) >= 11 is 0. The fourth-order valence-corrected chi connectivity index (χ4v) is 1.28. The summed E-state index contributed by atoms with van der Waals surface area (Å²) in [6, 6.07) is 5.18. The number of nitro benzene ring substituents is 1. The van der Waals surface area contributed by atoms with Gasteiger partial charge in [0.2, 0.25) is 0 Å². The lowest BCUT2D eigenvalue weighted by atomic mass is 10.2. The first kappa shape index (κ1) is 8.55. The highest BCUT2D eigenvalue weighted by molar-refractivity contribution is 5.87. The number of hydrogen-bond donors (Lipinski definition) is 0. The molecular formula is C9H5FN2O2. The van der Waals surface area contributed by atoms with Gasteiger partial charge in [-0.25, -0.2) is 4.39 Å². The van der Waals surface area contributed by atoms with E-state index in [1.165, 1.54) is 12.3 Å². The molecule has 0 bridgehead atoms. The summed E-state index contributed by atoms with van der Waals surface area (Å²) < 4.78 is 12.9. The zero-order valence-corrected chi connectivity index (χ0v) is 6.98. The summed E-state index contributed by atoms with van der Waals surface area (Å²) in [6.07, 6.45) is 1.46. The van der Waals surface area contributed by atoms with Gasteiger partial charge in [-0.05, 0) is 12.1 Å². The first-order valence-corrected chi connectivity index (χ1v) is 3.87. The van der Waals surface area contributed by atoms with Crippen LogP contribution in [0.4, 0.5) is 10.1 Å². The molecule has 0 N–H and O–H groups in total. The first-order valence-electron chi connectivity index (χ1n) is 3.87. The van der Waals surface area contributed by atoms with Crippen LogP contribution in [0.15, 0.2) is 30.5 Å². The third-order valence-electron chi connectivity index (χ3n) is 1.86. The largest absolute Gasteiger partial charge is 0.281 e. The van der Waals surface area contributed by atoms with Crippen LogP contribution in [0.25, 0.3) is 10.9 Å². The molecule has 0 spiro atoms. The summed E-state index contributed by atoms with van der Waals surface area (Å²) in [4.78, 5) is 13.8. The molecule has 1 aromatic carbocycles. The Morgan fingerprint density at radius 1 is 1.43 bits per heavy atom. The Balaban J connectivity index is 2.87. The molecule has 2 aromatic rings. The van der Waals surface area contributed by atoms with Gasteiger partial charge in [0.05, 0.1) is 21.9 Å². The second kappa shape index (κ2) is 3.02. The maximum atomic E-state index is 12.9. The first-order chi connectivity index (χ1) is 6.68. The summed E-state index contributed by atoms with van der Waals surface area (Å²) in [7, 11) is 0. The second-order valence-corrected chi connectivity index (χ2v) is 2.75. The Morgan fingerprint density at radius 2 is 2.21 bits per heavy atom. The van der Waals surface area contributed by atoms with Gasteiger partial charge in [0.25, 0.3) is 5.69 Å². The van der Waals surface area contributed by atoms with E-state index >= 15 is 0 Å². The van der Waals surface area contributed by atoms with Crippen molar-refractivity contribution < 1.29 is 9.31 Å². The number of hydrogen-bond acceptors (Lipinski definition) is 3. The maximum Gasteiger partial charge on any atom is 0.281 e. The predicted octanol–water partition coefficient (Wildman–Crippen LogP) is 2.28. The number of aromatic nitrogens is 1. The molecule has 0 unspecified atom stereocenters. The van der Waals surface area contributed by atoms with Gasteiger partial charge in [0.15, 0.2) is 0 Å². The predicted molar refractivity (Wildman–Crippen MR) is 48.4 cm³/mol. The lowest BCUT2D eigenvalue weighted by Crippen LogP contribution is -1.91. The van der Waals surface area contributed by atoms with Crippen LogP contribution in [0.3, 0.4) is 0 Å². The lowest BCUT2D eigenvalue weighted by Gasteiger charge is -1.98. The molecule has 0 saturated carbocycles. The van der Waals surface area contributed by atoms with Crippen LogP contribution >= 0.6 is 0 Å². The second-order valence-electron chi connectivity index (χ2n) is 2.75. The van der Waals surface area contributed by atoms with Crippen LogP contribution in [-0.4, -0.2) is 9.91 Å². The number of benzene rings is 1. The van der Waals surface area contributed by atoms with Crippen LogP contribution in [-0.2, 0) is 0 Å². The highest BCUT2D eigenvalue weighted by Crippen LogP contribution is 2.24. The average molecular weight is 192 g/mol. The standard InChI is InChI=1S/C9H5FN2O2/c10-6-4-8-7(2-1-3-11-8)9(5-6)12(13)14/h1-5H. The summed E-state index contributed by atoms with van der Waals surface area (Å²) in [5, 5.41) is 10.9. The fourth-order valence-electron chi connectivity index (χ4n) is 1.28. The number of halogens is 1. The molecule has 1 heterocycles. The smallest absolute Gasteiger partial charge is 0.258 e. The van der Waals surface area contributed by atoms with Gasteiger partial charge < -0.3 is 0 Å². The molecule has 0 radical (unpaired) electrons. The number of fused-ring (bicyclic) bond motifs is 1. The van der Waals surface area contributed by atoms with E-state index in [0.29, 0.717) is 10.9 Å². The van der Waals surface area contributed by atoms with Gasteiger partial charge in [-0.15, -0.1) is 0 Å². The quantitative estimate of drug-likeness (QED) is 0.514. The van der Waals surface area contributed by atoms with Crippen molar-refractivity contribution in [2.24, 2.45) is 0 Å². The van der Waals surface area contributed by atoms with Crippen LogP contribution in [0.2, 0.25) is 0 Å².